The van der Waals surface area contributed by atoms with E-state index in [1.165, 1.54) is 31.2 Å². The average molecular weight is 428 g/mol. The van der Waals surface area contributed by atoms with E-state index in [4.69, 9.17) is 4.74 Å². The van der Waals surface area contributed by atoms with Crippen LogP contribution in [0.3, 0.4) is 0 Å². The summed E-state index contributed by atoms with van der Waals surface area (Å²) in [6.45, 7) is 5.21. The predicted octanol–water partition coefficient (Wildman–Crippen LogP) is 2.55. The van der Waals surface area contributed by atoms with Gasteiger partial charge >= 0.3 is 5.69 Å². The van der Waals surface area contributed by atoms with E-state index in [9.17, 15) is 24.5 Å². The highest BCUT2D eigenvalue weighted by Gasteiger charge is 2.21. The third kappa shape index (κ3) is 7.11. The molecular formula is C21H24N4O6. The van der Waals surface area contributed by atoms with Gasteiger partial charge in [-0.2, -0.15) is 0 Å². The van der Waals surface area contributed by atoms with Crippen molar-refractivity contribution >= 4 is 29.1 Å². The number of rotatable bonds is 8. The highest BCUT2D eigenvalue weighted by molar-refractivity contribution is 5.94. The van der Waals surface area contributed by atoms with Crippen molar-refractivity contribution in [1.29, 1.82) is 0 Å². The Labute approximate surface area is 179 Å². The molecule has 3 amide bonds. The molecule has 0 aromatic heterocycles. The van der Waals surface area contributed by atoms with Gasteiger partial charge in [0.2, 0.25) is 11.8 Å². The predicted molar refractivity (Wildman–Crippen MR) is 113 cm³/mol. The molecule has 0 heterocycles. The van der Waals surface area contributed by atoms with Crippen molar-refractivity contribution in [3.8, 4) is 5.75 Å². The van der Waals surface area contributed by atoms with E-state index in [0.29, 0.717) is 5.69 Å². The molecule has 1 unspecified atom stereocenters. The highest BCUT2D eigenvalue weighted by atomic mass is 16.6. The summed E-state index contributed by atoms with van der Waals surface area (Å²) in [6.07, 6.45) is -1.32. The van der Waals surface area contributed by atoms with Gasteiger partial charge < -0.3 is 10.1 Å². The smallest absolute Gasteiger partial charge is 0.310 e. The number of nitro benzene ring substituents is 1. The summed E-state index contributed by atoms with van der Waals surface area (Å²) in [5.74, 6) is -1.67. The van der Waals surface area contributed by atoms with Gasteiger partial charge in [0, 0.05) is 24.6 Å². The van der Waals surface area contributed by atoms with Crippen molar-refractivity contribution in [2.75, 3.05) is 5.32 Å². The Morgan fingerprint density at radius 2 is 1.71 bits per heavy atom. The molecule has 3 N–H and O–H groups in total. The summed E-state index contributed by atoms with van der Waals surface area (Å²) in [5, 5.41) is 13.7. The Hall–Kier alpha value is -3.95. The maximum Gasteiger partial charge on any atom is 0.310 e. The van der Waals surface area contributed by atoms with Crippen molar-refractivity contribution in [2.24, 2.45) is 0 Å². The minimum atomic E-state index is -1.10. The fourth-order valence-corrected chi connectivity index (χ4v) is 2.64. The number of anilines is 1. The molecule has 31 heavy (non-hydrogen) atoms. The topological polar surface area (TPSA) is 140 Å². The summed E-state index contributed by atoms with van der Waals surface area (Å²) in [7, 11) is 0. The lowest BCUT2D eigenvalue weighted by Gasteiger charge is -2.15. The van der Waals surface area contributed by atoms with Gasteiger partial charge in [-0.3, -0.25) is 35.3 Å². The van der Waals surface area contributed by atoms with Crippen LogP contribution in [0.1, 0.15) is 30.9 Å². The Bertz CT molecular complexity index is 992. The monoisotopic (exact) mass is 428 g/mol. The van der Waals surface area contributed by atoms with Crippen molar-refractivity contribution in [3.63, 3.8) is 0 Å². The van der Waals surface area contributed by atoms with Crippen LogP contribution in [0.2, 0.25) is 0 Å². The van der Waals surface area contributed by atoms with Crippen LogP contribution in [0.15, 0.2) is 42.5 Å². The van der Waals surface area contributed by atoms with E-state index < -0.39 is 22.8 Å². The number of para-hydroxylation sites is 2. The quantitative estimate of drug-likeness (QED) is 0.436. The van der Waals surface area contributed by atoms with Crippen LogP contribution in [0, 0.1) is 24.0 Å². The lowest BCUT2D eigenvalue weighted by Crippen LogP contribution is -2.47. The minimum absolute atomic E-state index is 0.0652. The molecule has 0 aliphatic heterocycles. The fourth-order valence-electron chi connectivity index (χ4n) is 2.64. The van der Waals surface area contributed by atoms with Crippen molar-refractivity contribution < 1.29 is 24.0 Å². The van der Waals surface area contributed by atoms with Gasteiger partial charge in [0.05, 0.1) is 4.92 Å². The second-order valence-electron chi connectivity index (χ2n) is 6.89. The number of nitrogens with one attached hydrogen (secondary N) is 3. The molecular weight excluding hydrogens is 404 g/mol. The second-order valence-corrected chi connectivity index (χ2v) is 6.89. The van der Waals surface area contributed by atoms with Gasteiger partial charge in [-0.1, -0.05) is 29.8 Å². The molecule has 0 aliphatic rings. The van der Waals surface area contributed by atoms with Crippen molar-refractivity contribution in [1.82, 2.24) is 10.9 Å². The number of ether oxygens (including phenoxy) is 1. The fraction of sp³-hybridized carbons (Fsp3) is 0.286. The number of aryl methyl sites for hydroxylation is 2. The van der Waals surface area contributed by atoms with E-state index in [-0.39, 0.29) is 30.2 Å². The van der Waals surface area contributed by atoms with E-state index in [2.05, 4.69) is 16.2 Å². The number of nitro groups is 1. The molecule has 0 radical (unpaired) electrons. The molecule has 2 aromatic rings. The first-order valence-corrected chi connectivity index (χ1v) is 9.53. The van der Waals surface area contributed by atoms with Gasteiger partial charge in [0.15, 0.2) is 11.9 Å². The first kappa shape index (κ1) is 23.3. The van der Waals surface area contributed by atoms with Gasteiger partial charge in [-0.05, 0) is 38.5 Å². The highest BCUT2D eigenvalue weighted by Crippen LogP contribution is 2.26. The lowest BCUT2D eigenvalue weighted by atomic mass is 10.1. The number of hydrogen-bond donors (Lipinski definition) is 3. The third-order valence-electron chi connectivity index (χ3n) is 4.30. The third-order valence-corrected chi connectivity index (χ3v) is 4.30. The second kappa shape index (κ2) is 10.7. The Morgan fingerprint density at radius 3 is 2.39 bits per heavy atom. The van der Waals surface area contributed by atoms with Crippen LogP contribution in [-0.4, -0.2) is 28.7 Å². The molecule has 10 nitrogen and oxygen atoms in total. The number of carbonyl (C=O) groups is 3. The molecule has 2 rings (SSSR count). The first-order chi connectivity index (χ1) is 14.7. The Balaban J connectivity index is 1.77. The summed E-state index contributed by atoms with van der Waals surface area (Å²) in [4.78, 5) is 46.4. The maximum atomic E-state index is 12.1. The molecule has 2 aromatic carbocycles. The standard InChI is InChI=1S/C21H24N4O6/c1-13-8-9-16(14(2)12-13)22-19(26)10-11-20(27)23-24-21(28)15(3)31-18-7-5-4-6-17(18)25(29)30/h4-9,12,15H,10-11H2,1-3H3,(H,22,26)(H,23,27)(H,24,28). The zero-order valence-corrected chi connectivity index (χ0v) is 17.4. The summed E-state index contributed by atoms with van der Waals surface area (Å²) >= 11 is 0. The van der Waals surface area contributed by atoms with Crippen LogP contribution < -0.4 is 20.9 Å². The molecule has 1 atom stereocenters. The van der Waals surface area contributed by atoms with Crippen LogP contribution in [-0.2, 0) is 14.4 Å². The molecule has 164 valence electrons. The summed E-state index contributed by atoms with van der Waals surface area (Å²) in [5.41, 5.74) is 6.75. The maximum absolute atomic E-state index is 12.1. The molecule has 0 fully saturated rings. The first-order valence-electron chi connectivity index (χ1n) is 9.53. The number of benzene rings is 2. The lowest BCUT2D eigenvalue weighted by molar-refractivity contribution is -0.386. The van der Waals surface area contributed by atoms with Crippen molar-refractivity contribution in [2.45, 2.75) is 39.7 Å². The number of amides is 3. The van der Waals surface area contributed by atoms with E-state index >= 15 is 0 Å². The van der Waals surface area contributed by atoms with E-state index in [0.717, 1.165) is 11.1 Å². The zero-order valence-electron chi connectivity index (χ0n) is 17.4. The number of hydrogen-bond acceptors (Lipinski definition) is 6. The van der Waals surface area contributed by atoms with E-state index in [1.54, 1.807) is 6.07 Å². The largest absolute Gasteiger partial charge is 0.474 e. The number of hydrazine groups is 1. The SMILES string of the molecule is Cc1ccc(NC(=O)CCC(=O)NNC(=O)C(C)Oc2ccccc2[N+](=O)[O-])c(C)c1. The van der Waals surface area contributed by atoms with Crippen molar-refractivity contribution in [3.05, 3.63) is 63.7 Å². The Morgan fingerprint density at radius 1 is 1.03 bits per heavy atom. The number of carbonyl (C=O) groups excluding carboxylic acids is 3. The molecule has 0 saturated carbocycles. The van der Waals surface area contributed by atoms with Crippen LogP contribution in [0.5, 0.6) is 5.75 Å². The van der Waals surface area contributed by atoms with Crippen LogP contribution >= 0.6 is 0 Å². The normalized spacial score (nSPS) is 11.2. The molecule has 0 spiro atoms. The zero-order chi connectivity index (χ0) is 23.0. The van der Waals surface area contributed by atoms with Crippen LogP contribution in [0.25, 0.3) is 0 Å². The summed E-state index contributed by atoms with van der Waals surface area (Å²) < 4.78 is 5.32. The molecule has 0 bridgehead atoms. The van der Waals surface area contributed by atoms with Gasteiger partial charge in [0.1, 0.15) is 0 Å². The molecule has 0 saturated heterocycles. The van der Waals surface area contributed by atoms with Gasteiger partial charge in [0.25, 0.3) is 5.91 Å². The van der Waals surface area contributed by atoms with Gasteiger partial charge in [-0.15, -0.1) is 0 Å². The average Bonchev–Trinajstić information content (AvgIpc) is 2.72. The minimum Gasteiger partial charge on any atom is -0.474 e. The molecule has 0 aliphatic carbocycles. The molecule has 10 heteroatoms. The Kier molecular flexibility index (Phi) is 8.07. The van der Waals surface area contributed by atoms with E-state index in [1.807, 2.05) is 26.0 Å². The number of nitrogens with zero attached hydrogens (tertiary/aromatic N) is 1. The van der Waals surface area contributed by atoms with Crippen LogP contribution in [0.4, 0.5) is 11.4 Å². The van der Waals surface area contributed by atoms with Gasteiger partial charge in [-0.25, -0.2) is 0 Å². The summed E-state index contributed by atoms with van der Waals surface area (Å²) in [6, 6.07) is 11.2.